The van der Waals surface area contributed by atoms with E-state index in [1.54, 1.807) is 23.1 Å². The van der Waals surface area contributed by atoms with E-state index in [1.165, 1.54) is 26.9 Å². The van der Waals surface area contributed by atoms with Gasteiger partial charge >= 0.3 is 0 Å². The van der Waals surface area contributed by atoms with Gasteiger partial charge in [0.2, 0.25) is 5.75 Å². The molecule has 0 aromatic heterocycles. The number of methoxy groups -OCH3 is 3. The fourth-order valence-electron chi connectivity index (χ4n) is 2.73. The summed E-state index contributed by atoms with van der Waals surface area (Å²) >= 11 is 0. The molecule has 0 aliphatic carbocycles. The summed E-state index contributed by atoms with van der Waals surface area (Å²) in [4.78, 5) is 14.8. The Morgan fingerprint density at radius 2 is 1.65 bits per heavy atom. The molecule has 0 radical (unpaired) electrons. The quantitative estimate of drug-likeness (QED) is 0.645. The molecule has 0 N–H and O–H groups in total. The van der Waals surface area contributed by atoms with Gasteiger partial charge in [0.1, 0.15) is 0 Å². The third-order valence-corrected chi connectivity index (χ3v) is 4.06. The minimum absolute atomic E-state index is 0.111. The molecular weight excluding hydrogens is 330 g/mol. The average molecular weight is 355 g/mol. The van der Waals surface area contributed by atoms with Gasteiger partial charge in [-0.2, -0.15) is 0 Å². The van der Waals surface area contributed by atoms with E-state index in [-0.39, 0.29) is 5.91 Å². The molecule has 5 nitrogen and oxygen atoms in total. The molecule has 138 valence electrons. The molecule has 0 atom stereocenters. The maximum absolute atomic E-state index is 13.0. The zero-order valence-electron chi connectivity index (χ0n) is 15.5. The standard InChI is InChI=1S/C21H25NO4/c1-5-12-22(13-11-16-9-7-6-8-10-16)21(23)17-14-18(24-2)20(26-4)19(15-17)25-3/h5-10,14-15H,1,11-13H2,2-4H3. The first kappa shape index (κ1) is 19.4. The van der Waals surface area contributed by atoms with Gasteiger partial charge in [0, 0.05) is 18.7 Å². The summed E-state index contributed by atoms with van der Waals surface area (Å²) in [5.41, 5.74) is 1.66. The third kappa shape index (κ3) is 4.57. The Morgan fingerprint density at radius 3 is 2.15 bits per heavy atom. The Balaban J connectivity index is 2.26. The molecular formula is C21H25NO4. The van der Waals surface area contributed by atoms with Gasteiger partial charge in [-0.05, 0) is 24.1 Å². The first-order valence-electron chi connectivity index (χ1n) is 8.38. The number of hydrogen-bond acceptors (Lipinski definition) is 4. The van der Waals surface area contributed by atoms with Crippen LogP contribution in [0.3, 0.4) is 0 Å². The number of rotatable bonds is 9. The second-order valence-electron chi connectivity index (χ2n) is 5.69. The molecule has 0 spiro atoms. The Labute approximate surface area is 154 Å². The Hall–Kier alpha value is -2.95. The summed E-state index contributed by atoms with van der Waals surface area (Å²) in [7, 11) is 4.59. The van der Waals surface area contributed by atoms with Crippen LogP contribution in [-0.4, -0.2) is 45.2 Å². The summed E-state index contributed by atoms with van der Waals surface area (Å²) in [5.74, 6) is 1.26. The van der Waals surface area contributed by atoms with Crippen LogP contribution in [0.5, 0.6) is 17.2 Å². The van der Waals surface area contributed by atoms with Crippen molar-refractivity contribution in [3.63, 3.8) is 0 Å². The fourth-order valence-corrected chi connectivity index (χ4v) is 2.73. The Morgan fingerprint density at radius 1 is 1.04 bits per heavy atom. The van der Waals surface area contributed by atoms with Crippen molar-refractivity contribution in [3.05, 3.63) is 66.2 Å². The maximum Gasteiger partial charge on any atom is 0.254 e. The zero-order chi connectivity index (χ0) is 18.9. The summed E-state index contributed by atoms with van der Waals surface area (Å²) < 4.78 is 16.0. The molecule has 2 aromatic rings. The molecule has 0 aliphatic heterocycles. The van der Waals surface area contributed by atoms with Crippen LogP contribution in [0.1, 0.15) is 15.9 Å². The first-order valence-corrected chi connectivity index (χ1v) is 8.38. The lowest BCUT2D eigenvalue weighted by Gasteiger charge is -2.22. The molecule has 0 saturated carbocycles. The highest BCUT2D eigenvalue weighted by atomic mass is 16.5. The van der Waals surface area contributed by atoms with Crippen LogP contribution in [0.15, 0.2) is 55.1 Å². The van der Waals surface area contributed by atoms with Gasteiger partial charge in [0.15, 0.2) is 11.5 Å². The van der Waals surface area contributed by atoms with Gasteiger partial charge in [-0.25, -0.2) is 0 Å². The fraction of sp³-hybridized carbons (Fsp3) is 0.286. The average Bonchev–Trinajstić information content (AvgIpc) is 2.70. The molecule has 26 heavy (non-hydrogen) atoms. The molecule has 0 bridgehead atoms. The number of amides is 1. The Kier molecular flexibility index (Phi) is 7.09. The van der Waals surface area contributed by atoms with Gasteiger partial charge in [-0.15, -0.1) is 6.58 Å². The van der Waals surface area contributed by atoms with E-state index in [0.29, 0.717) is 35.9 Å². The van der Waals surface area contributed by atoms with Crippen molar-refractivity contribution < 1.29 is 19.0 Å². The molecule has 0 heterocycles. The van der Waals surface area contributed by atoms with Crippen LogP contribution >= 0.6 is 0 Å². The van der Waals surface area contributed by atoms with Crippen molar-refractivity contribution in [1.29, 1.82) is 0 Å². The van der Waals surface area contributed by atoms with Crippen LogP contribution in [0.2, 0.25) is 0 Å². The van der Waals surface area contributed by atoms with Crippen LogP contribution in [-0.2, 0) is 6.42 Å². The normalized spacial score (nSPS) is 10.1. The van der Waals surface area contributed by atoms with Crippen LogP contribution in [0, 0.1) is 0 Å². The molecule has 5 heteroatoms. The van der Waals surface area contributed by atoms with Gasteiger partial charge in [0.05, 0.1) is 21.3 Å². The highest BCUT2D eigenvalue weighted by molar-refractivity contribution is 5.95. The van der Waals surface area contributed by atoms with E-state index < -0.39 is 0 Å². The molecule has 0 unspecified atom stereocenters. The highest BCUT2D eigenvalue weighted by Gasteiger charge is 2.20. The smallest absolute Gasteiger partial charge is 0.254 e. The predicted octanol–water partition coefficient (Wildman–Crippen LogP) is 3.58. The SMILES string of the molecule is C=CCN(CCc1ccccc1)C(=O)c1cc(OC)c(OC)c(OC)c1. The van der Waals surface area contributed by atoms with Gasteiger partial charge in [0.25, 0.3) is 5.91 Å². The van der Waals surface area contributed by atoms with Crippen molar-refractivity contribution in [3.8, 4) is 17.2 Å². The van der Waals surface area contributed by atoms with E-state index in [2.05, 4.69) is 18.7 Å². The van der Waals surface area contributed by atoms with E-state index in [0.717, 1.165) is 6.42 Å². The number of ether oxygens (including phenoxy) is 3. The lowest BCUT2D eigenvalue weighted by atomic mass is 10.1. The topological polar surface area (TPSA) is 48.0 Å². The molecule has 2 aromatic carbocycles. The minimum Gasteiger partial charge on any atom is -0.493 e. The summed E-state index contributed by atoms with van der Waals surface area (Å²) in [6.07, 6.45) is 2.49. The van der Waals surface area contributed by atoms with Crippen molar-refractivity contribution in [1.82, 2.24) is 4.90 Å². The summed E-state index contributed by atoms with van der Waals surface area (Å²) in [5, 5.41) is 0. The van der Waals surface area contributed by atoms with Crippen LogP contribution in [0.25, 0.3) is 0 Å². The number of hydrogen-bond donors (Lipinski definition) is 0. The lowest BCUT2D eigenvalue weighted by molar-refractivity contribution is 0.0774. The second kappa shape index (κ2) is 9.51. The zero-order valence-corrected chi connectivity index (χ0v) is 15.5. The van der Waals surface area contributed by atoms with Gasteiger partial charge < -0.3 is 19.1 Å². The van der Waals surface area contributed by atoms with Crippen LogP contribution < -0.4 is 14.2 Å². The molecule has 0 fully saturated rings. The van der Waals surface area contributed by atoms with Crippen molar-refractivity contribution in [2.24, 2.45) is 0 Å². The van der Waals surface area contributed by atoms with Crippen LogP contribution in [0.4, 0.5) is 0 Å². The molecule has 0 aliphatic rings. The van der Waals surface area contributed by atoms with Gasteiger partial charge in [-0.3, -0.25) is 4.79 Å². The molecule has 1 amide bonds. The monoisotopic (exact) mass is 355 g/mol. The number of carbonyl (C=O) groups excluding carboxylic acids is 1. The van der Waals surface area contributed by atoms with E-state index in [4.69, 9.17) is 14.2 Å². The van der Waals surface area contributed by atoms with Crippen molar-refractivity contribution in [2.75, 3.05) is 34.4 Å². The van der Waals surface area contributed by atoms with Gasteiger partial charge in [-0.1, -0.05) is 36.4 Å². The van der Waals surface area contributed by atoms with E-state index >= 15 is 0 Å². The minimum atomic E-state index is -0.111. The number of benzene rings is 2. The molecule has 0 saturated heterocycles. The number of carbonyl (C=O) groups is 1. The number of nitrogens with zero attached hydrogens (tertiary/aromatic N) is 1. The third-order valence-electron chi connectivity index (χ3n) is 4.06. The molecule has 2 rings (SSSR count). The van der Waals surface area contributed by atoms with E-state index in [1.807, 2.05) is 18.2 Å². The highest BCUT2D eigenvalue weighted by Crippen LogP contribution is 2.38. The summed E-state index contributed by atoms with van der Waals surface area (Å²) in [6, 6.07) is 13.4. The second-order valence-corrected chi connectivity index (χ2v) is 5.69. The first-order chi connectivity index (χ1) is 12.6. The largest absolute Gasteiger partial charge is 0.493 e. The van der Waals surface area contributed by atoms with Crippen molar-refractivity contribution in [2.45, 2.75) is 6.42 Å². The van der Waals surface area contributed by atoms with E-state index in [9.17, 15) is 4.79 Å². The van der Waals surface area contributed by atoms with Crippen molar-refractivity contribution >= 4 is 5.91 Å². The maximum atomic E-state index is 13.0. The Bertz CT molecular complexity index is 718. The summed E-state index contributed by atoms with van der Waals surface area (Å²) in [6.45, 7) is 4.81. The predicted molar refractivity (Wildman–Crippen MR) is 102 cm³/mol. The lowest BCUT2D eigenvalue weighted by Crippen LogP contribution is -2.33.